The van der Waals surface area contributed by atoms with E-state index in [9.17, 15) is 4.79 Å². The highest BCUT2D eigenvalue weighted by molar-refractivity contribution is 9.10. The maximum atomic E-state index is 11.5. The second-order valence-electron chi connectivity index (χ2n) is 3.54. The molecule has 1 amide bonds. The minimum atomic E-state index is -0.0888. The lowest BCUT2D eigenvalue weighted by atomic mass is 10.3. The Morgan fingerprint density at radius 3 is 2.83 bits per heavy atom. The number of methoxy groups -OCH3 is 2. The molecule has 1 aromatic carbocycles. The number of carbonyl (C=O) groups is 1. The summed E-state index contributed by atoms with van der Waals surface area (Å²) < 4.78 is 11.0. The van der Waals surface area contributed by atoms with Gasteiger partial charge in [0.15, 0.2) is 0 Å². The van der Waals surface area contributed by atoms with Gasteiger partial charge in [0.1, 0.15) is 5.75 Å². The van der Waals surface area contributed by atoms with Crippen LogP contribution in [0.5, 0.6) is 5.75 Å². The molecule has 0 bridgehead atoms. The van der Waals surface area contributed by atoms with Crippen LogP contribution in [-0.4, -0.2) is 39.8 Å². The monoisotopic (exact) mass is 316 g/mol. The van der Waals surface area contributed by atoms with E-state index < -0.39 is 0 Å². The van der Waals surface area contributed by atoms with Gasteiger partial charge in [-0.1, -0.05) is 15.9 Å². The summed E-state index contributed by atoms with van der Waals surface area (Å²) in [5.74, 6) is 0.608. The van der Waals surface area contributed by atoms with Crippen molar-refractivity contribution in [2.24, 2.45) is 0 Å². The van der Waals surface area contributed by atoms with E-state index in [0.29, 0.717) is 18.9 Å². The molecule has 1 aromatic rings. The molecule has 0 aliphatic carbocycles. The van der Waals surface area contributed by atoms with E-state index in [-0.39, 0.29) is 12.5 Å². The van der Waals surface area contributed by atoms with Gasteiger partial charge in [-0.2, -0.15) is 0 Å². The van der Waals surface area contributed by atoms with Crippen molar-refractivity contribution >= 4 is 27.5 Å². The maximum Gasteiger partial charge on any atom is 0.239 e. The van der Waals surface area contributed by atoms with Gasteiger partial charge in [0.05, 0.1) is 25.9 Å². The van der Waals surface area contributed by atoms with Gasteiger partial charge in [-0.05, 0) is 18.2 Å². The molecule has 0 saturated heterocycles. The highest BCUT2D eigenvalue weighted by Gasteiger charge is 2.05. The quantitative estimate of drug-likeness (QED) is 0.751. The van der Waals surface area contributed by atoms with Gasteiger partial charge in [0.2, 0.25) is 5.91 Å². The number of hydrogen-bond acceptors (Lipinski definition) is 4. The van der Waals surface area contributed by atoms with E-state index in [2.05, 4.69) is 26.6 Å². The first-order valence-electron chi connectivity index (χ1n) is 5.50. The highest BCUT2D eigenvalue weighted by atomic mass is 79.9. The number of benzene rings is 1. The Bertz CT molecular complexity index is 399. The Hall–Kier alpha value is -1.27. The average Bonchev–Trinajstić information content (AvgIpc) is 2.37. The fourth-order valence-corrected chi connectivity index (χ4v) is 1.71. The topological polar surface area (TPSA) is 59.6 Å². The highest BCUT2D eigenvalue weighted by Crippen LogP contribution is 2.27. The van der Waals surface area contributed by atoms with Crippen LogP contribution in [0.15, 0.2) is 22.7 Å². The van der Waals surface area contributed by atoms with Crippen LogP contribution >= 0.6 is 15.9 Å². The van der Waals surface area contributed by atoms with Crippen LogP contribution in [0.1, 0.15) is 0 Å². The van der Waals surface area contributed by atoms with Crippen LogP contribution in [0.3, 0.4) is 0 Å². The van der Waals surface area contributed by atoms with E-state index in [1.54, 1.807) is 14.2 Å². The second-order valence-corrected chi connectivity index (χ2v) is 4.46. The van der Waals surface area contributed by atoms with E-state index in [4.69, 9.17) is 9.47 Å². The van der Waals surface area contributed by atoms with Gasteiger partial charge in [-0.15, -0.1) is 0 Å². The molecule has 0 heterocycles. The first-order chi connectivity index (χ1) is 8.67. The lowest BCUT2D eigenvalue weighted by Crippen LogP contribution is -2.32. The van der Waals surface area contributed by atoms with Crippen molar-refractivity contribution in [3.63, 3.8) is 0 Å². The van der Waals surface area contributed by atoms with Gasteiger partial charge < -0.3 is 20.1 Å². The summed E-state index contributed by atoms with van der Waals surface area (Å²) in [6.07, 6.45) is 0. The molecule has 2 N–H and O–H groups in total. The van der Waals surface area contributed by atoms with Crippen molar-refractivity contribution in [3.05, 3.63) is 22.7 Å². The lowest BCUT2D eigenvalue weighted by Gasteiger charge is -2.11. The predicted molar refractivity (Wildman–Crippen MR) is 74.1 cm³/mol. The minimum Gasteiger partial charge on any atom is -0.495 e. The number of ether oxygens (including phenoxy) is 2. The summed E-state index contributed by atoms with van der Waals surface area (Å²) in [5.41, 5.74) is 0.772. The number of anilines is 1. The van der Waals surface area contributed by atoms with E-state index in [1.807, 2.05) is 18.2 Å². The molecule has 5 nitrogen and oxygen atoms in total. The average molecular weight is 317 g/mol. The zero-order valence-corrected chi connectivity index (χ0v) is 12.0. The van der Waals surface area contributed by atoms with Crippen LogP contribution in [-0.2, 0) is 9.53 Å². The number of hydrogen-bond donors (Lipinski definition) is 2. The molecule has 0 aromatic heterocycles. The van der Waals surface area contributed by atoms with Crippen molar-refractivity contribution in [1.82, 2.24) is 5.32 Å². The summed E-state index contributed by atoms with van der Waals surface area (Å²) in [5, 5.41) is 5.75. The first kappa shape index (κ1) is 14.8. The van der Waals surface area contributed by atoms with Crippen molar-refractivity contribution in [1.29, 1.82) is 0 Å². The standard InChI is InChI=1S/C12H17BrN2O3/c1-17-6-5-14-12(16)8-15-10-7-9(13)3-4-11(10)18-2/h3-4,7,15H,5-6,8H2,1-2H3,(H,14,16). The van der Waals surface area contributed by atoms with Crippen molar-refractivity contribution in [2.75, 3.05) is 39.2 Å². The van der Waals surface area contributed by atoms with Crippen LogP contribution < -0.4 is 15.4 Å². The molecule has 6 heteroatoms. The number of carbonyl (C=O) groups excluding carboxylic acids is 1. The predicted octanol–water partition coefficient (Wildman–Crippen LogP) is 1.63. The molecule has 0 spiro atoms. The Balaban J connectivity index is 2.47. The SMILES string of the molecule is COCCNC(=O)CNc1cc(Br)ccc1OC. The molecule has 100 valence electrons. The third-order valence-corrected chi connectivity index (χ3v) is 2.72. The van der Waals surface area contributed by atoms with Gasteiger partial charge in [-0.3, -0.25) is 4.79 Å². The molecule has 0 aliphatic heterocycles. The summed E-state index contributed by atoms with van der Waals surface area (Å²) in [6.45, 7) is 1.20. The molecule has 0 radical (unpaired) electrons. The normalized spacial score (nSPS) is 9.94. The Morgan fingerprint density at radius 1 is 1.39 bits per heavy atom. The summed E-state index contributed by atoms with van der Waals surface area (Å²) in [4.78, 5) is 11.5. The summed E-state index contributed by atoms with van der Waals surface area (Å²) in [6, 6.07) is 5.57. The zero-order chi connectivity index (χ0) is 13.4. The fourth-order valence-electron chi connectivity index (χ4n) is 1.35. The molecule has 0 fully saturated rings. The van der Waals surface area contributed by atoms with Gasteiger partial charge in [-0.25, -0.2) is 0 Å². The van der Waals surface area contributed by atoms with E-state index in [0.717, 1.165) is 10.2 Å². The van der Waals surface area contributed by atoms with E-state index >= 15 is 0 Å². The smallest absolute Gasteiger partial charge is 0.239 e. The molecular weight excluding hydrogens is 300 g/mol. The van der Waals surface area contributed by atoms with Crippen LogP contribution in [0, 0.1) is 0 Å². The van der Waals surface area contributed by atoms with Crippen molar-refractivity contribution in [2.45, 2.75) is 0 Å². The first-order valence-corrected chi connectivity index (χ1v) is 6.29. The third kappa shape index (κ3) is 4.93. The molecule has 0 aliphatic rings. The number of nitrogens with one attached hydrogen (secondary N) is 2. The van der Waals surface area contributed by atoms with Crippen LogP contribution in [0.2, 0.25) is 0 Å². The fraction of sp³-hybridized carbons (Fsp3) is 0.417. The molecular formula is C12H17BrN2O3. The zero-order valence-electron chi connectivity index (χ0n) is 10.5. The van der Waals surface area contributed by atoms with E-state index in [1.165, 1.54) is 0 Å². The number of rotatable bonds is 7. The van der Waals surface area contributed by atoms with Crippen LogP contribution in [0.25, 0.3) is 0 Å². The number of amides is 1. The summed E-state index contributed by atoms with van der Waals surface area (Å²) >= 11 is 3.37. The van der Waals surface area contributed by atoms with Gasteiger partial charge >= 0.3 is 0 Å². The third-order valence-electron chi connectivity index (χ3n) is 2.23. The Labute approximate surface area is 115 Å². The molecule has 0 unspecified atom stereocenters. The second kappa shape index (κ2) is 7.94. The lowest BCUT2D eigenvalue weighted by molar-refractivity contribution is -0.119. The van der Waals surface area contributed by atoms with Crippen molar-refractivity contribution < 1.29 is 14.3 Å². The van der Waals surface area contributed by atoms with Gasteiger partial charge in [0, 0.05) is 18.1 Å². The van der Waals surface area contributed by atoms with Crippen LogP contribution in [0.4, 0.5) is 5.69 Å². The summed E-state index contributed by atoms with van der Waals surface area (Å²) in [7, 11) is 3.18. The molecule has 0 atom stereocenters. The number of halogens is 1. The largest absolute Gasteiger partial charge is 0.495 e. The molecule has 18 heavy (non-hydrogen) atoms. The Morgan fingerprint density at radius 2 is 2.17 bits per heavy atom. The van der Waals surface area contributed by atoms with Crippen molar-refractivity contribution in [3.8, 4) is 5.75 Å². The van der Waals surface area contributed by atoms with Gasteiger partial charge in [0.25, 0.3) is 0 Å². The maximum absolute atomic E-state index is 11.5. The minimum absolute atomic E-state index is 0.0888. The Kier molecular flexibility index (Phi) is 6.53. The molecule has 1 rings (SSSR count). The molecule has 0 saturated carbocycles.